The molecule has 0 radical (unpaired) electrons. The summed E-state index contributed by atoms with van der Waals surface area (Å²) in [7, 11) is 1.66. The Balaban J connectivity index is 1.54. The first-order valence-corrected chi connectivity index (χ1v) is 10.6. The van der Waals surface area contributed by atoms with Gasteiger partial charge in [-0.3, -0.25) is 9.48 Å². The van der Waals surface area contributed by atoms with Crippen LogP contribution in [-0.4, -0.2) is 36.0 Å². The van der Waals surface area contributed by atoms with Crippen molar-refractivity contribution >= 4 is 11.6 Å². The highest BCUT2D eigenvalue weighted by molar-refractivity contribution is 5.99. The van der Waals surface area contributed by atoms with Crippen LogP contribution in [0.3, 0.4) is 0 Å². The lowest BCUT2D eigenvalue weighted by atomic mass is 9.72. The molecule has 2 aromatic carbocycles. The molecular weight excluding hydrogens is 390 g/mol. The number of nitrogens with zero attached hydrogens (tertiary/aromatic N) is 2. The Kier molecular flexibility index (Phi) is 6.09. The molecule has 6 nitrogen and oxygen atoms in total. The molecule has 3 aromatic rings. The predicted molar refractivity (Wildman–Crippen MR) is 121 cm³/mol. The maximum atomic E-state index is 13.5. The van der Waals surface area contributed by atoms with E-state index in [-0.39, 0.29) is 5.91 Å². The number of hydrogen-bond acceptors (Lipinski definition) is 4. The maximum absolute atomic E-state index is 13.5. The lowest BCUT2D eigenvalue weighted by molar-refractivity contribution is -0.125. The molecule has 1 aliphatic heterocycles. The summed E-state index contributed by atoms with van der Waals surface area (Å²) < 4.78 is 12.7. The van der Waals surface area contributed by atoms with E-state index in [1.54, 1.807) is 13.3 Å². The highest BCUT2D eigenvalue weighted by Gasteiger charge is 2.42. The van der Waals surface area contributed by atoms with Gasteiger partial charge in [-0.1, -0.05) is 41.5 Å². The number of carbonyl (C=O) groups is 1. The molecule has 1 N–H and O–H groups in total. The Labute approximate surface area is 183 Å². The van der Waals surface area contributed by atoms with Crippen molar-refractivity contribution in [1.82, 2.24) is 9.78 Å². The molecule has 1 aliphatic rings. The smallest absolute Gasteiger partial charge is 0.235 e. The summed E-state index contributed by atoms with van der Waals surface area (Å²) in [5.74, 6) is 0.815. The van der Waals surface area contributed by atoms with E-state index in [0.29, 0.717) is 38.3 Å². The minimum absolute atomic E-state index is 0.00160. The van der Waals surface area contributed by atoms with Crippen molar-refractivity contribution in [3.63, 3.8) is 0 Å². The summed E-state index contributed by atoms with van der Waals surface area (Å²) in [6, 6.07) is 14.3. The average molecular weight is 420 g/mol. The third-order valence-corrected chi connectivity index (χ3v) is 5.93. The van der Waals surface area contributed by atoms with Gasteiger partial charge in [-0.25, -0.2) is 0 Å². The number of nitrogens with one attached hydrogen (secondary N) is 1. The number of aromatic nitrogens is 2. The van der Waals surface area contributed by atoms with Crippen molar-refractivity contribution < 1.29 is 14.3 Å². The van der Waals surface area contributed by atoms with E-state index in [0.717, 1.165) is 16.9 Å². The van der Waals surface area contributed by atoms with E-state index in [9.17, 15) is 4.79 Å². The van der Waals surface area contributed by atoms with E-state index in [1.165, 1.54) is 11.1 Å². The number of methoxy groups -OCH3 is 1. The SMILES string of the molecule is COc1cccc(Cn2cc(NC(=O)C3(c4cc(C)cc(C)c4)CCOCC3)cn2)c1. The molecule has 4 rings (SSSR count). The monoisotopic (exact) mass is 419 g/mol. The van der Waals surface area contributed by atoms with Crippen molar-refractivity contribution in [3.8, 4) is 5.75 Å². The van der Waals surface area contributed by atoms with Gasteiger partial charge in [0, 0.05) is 19.4 Å². The normalized spacial score (nSPS) is 15.5. The molecule has 2 heterocycles. The number of aryl methyl sites for hydroxylation is 2. The molecule has 0 atom stereocenters. The van der Waals surface area contributed by atoms with E-state index >= 15 is 0 Å². The summed E-state index contributed by atoms with van der Waals surface area (Å²) in [6.45, 7) is 5.90. The zero-order chi connectivity index (χ0) is 21.8. The summed E-state index contributed by atoms with van der Waals surface area (Å²) >= 11 is 0. The van der Waals surface area contributed by atoms with Gasteiger partial charge in [-0.15, -0.1) is 0 Å². The molecule has 1 amide bonds. The highest BCUT2D eigenvalue weighted by Crippen LogP contribution is 2.37. The van der Waals surface area contributed by atoms with Crippen LogP contribution in [0.25, 0.3) is 0 Å². The van der Waals surface area contributed by atoms with E-state index in [4.69, 9.17) is 9.47 Å². The quantitative estimate of drug-likeness (QED) is 0.649. The number of anilines is 1. The van der Waals surface area contributed by atoms with Crippen LogP contribution in [0.15, 0.2) is 54.9 Å². The summed E-state index contributed by atoms with van der Waals surface area (Å²) in [6.07, 6.45) is 4.90. The number of amides is 1. The van der Waals surface area contributed by atoms with Gasteiger partial charge < -0.3 is 14.8 Å². The standard InChI is InChI=1S/C25H29N3O3/c1-18-11-19(2)13-21(12-18)25(7-9-31-10-8-25)24(29)27-22-15-26-28(17-22)16-20-5-4-6-23(14-20)30-3/h4-6,11-15,17H,7-10,16H2,1-3H3,(H,27,29). The van der Waals surface area contributed by atoms with Crippen LogP contribution in [0.4, 0.5) is 5.69 Å². The molecule has 1 fully saturated rings. The number of ether oxygens (including phenoxy) is 2. The molecule has 0 saturated carbocycles. The summed E-state index contributed by atoms with van der Waals surface area (Å²) in [4.78, 5) is 13.5. The van der Waals surface area contributed by atoms with Crippen LogP contribution in [0.2, 0.25) is 0 Å². The molecule has 0 bridgehead atoms. The van der Waals surface area contributed by atoms with Gasteiger partial charge in [0.05, 0.1) is 31.0 Å². The fourth-order valence-electron chi connectivity index (χ4n) is 4.34. The van der Waals surface area contributed by atoms with Crippen LogP contribution in [0.1, 0.15) is 35.1 Å². The largest absolute Gasteiger partial charge is 0.497 e. The highest BCUT2D eigenvalue weighted by atomic mass is 16.5. The van der Waals surface area contributed by atoms with Crippen LogP contribution in [0.5, 0.6) is 5.75 Å². The van der Waals surface area contributed by atoms with Gasteiger partial charge in [0.25, 0.3) is 0 Å². The molecule has 0 unspecified atom stereocenters. The van der Waals surface area contributed by atoms with Gasteiger partial charge >= 0.3 is 0 Å². The van der Waals surface area contributed by atoms with Crippen LogP contribution in [-0.2, 0) is 21.5 Å². The second-order valence-corrected chi connectivity index (χ2v) is 8.30. The fourth-order valence-corrected chi connectivity index (χ4v) is 4.34. The zero-order valence-corrected chi connectivity index (χ0v) is 18.4. The molecule has 0 aliphatic carbocycles. The third kappa shape index (κ3) is 4.64. The summed E-state index contributed by atoms with van der Waals surface area (Å²) in [5.41, 5.74) is 4.58. The Bertz CT molecular complexity index is 1050. The number of carbonyl (C=O) groups excluding carboxylic acids is 1. The molecule has 0 spiro atoms. The molecule has 162 valence electrons. The zero-order valence-electron chi connectivity index (χ0n) is 18.4. The van der Waals surface area contributed by atoms with Crippen LogP contribution >= 0.6 is 0 Å². The second kappa shape index (κ2) is 8.94. The molecular formula is C25H29N3O3. The van der Waals surface area contributed by atoms with Crippen LogP contribution < -0.4 is 10.1 Å². The Morgan fingerprint density at radius 3 is 2.61 bits per heavy atom. The van der Waals surface area contributed by atoms with Gasteiger partial charge in [0.2, 0.25) is 5.91 Å². The number of rotatable bonds is 6. The molecule has 6 heteroatoms. The van der Waals surface area contributed by atoms with Crippen LogP contribution in [0, 0.1) is 13.8 Å². The number of hydrogen-bond donors (Lipinski definition) is 1. The minimum atomic E-state index is -0.593. The van der Waals surface area contributed by atoms with Crippen molar-refractivity contribution in [2.45, 2.75) is 38.6 Å². The van der Waals surface area contributed by atoms with Crippen molar-refractivity contribution in [2.75, 3.05) is 25.6 Å². The van der Waals surface area contributed by atoms with Gasteiger partial charge in [0.1, 0.15) is 5.75 Å². The van der Waals surface area contributed by atoms with E-state index < -0.39 is 5.41 Å². The van der Waals surface area contributed by atoms with Gasteiger partial charge in [-0.2, -0.15) is 5.10 Å². The molecule has 1 saturated heterocycles. The number of benzene rings is 2. The topological polar surface area (TPSA) is 65.4 Å². The second-order valence-electron chi connectivity index (χ2n) is 8.30. The third-order valence-electron chi connectivity index (χ3n) is 5.93. The van der Waals surface area contributed by atoms with Crippen molar-refractivity contribution in [1.29, 1.82) is 0 Å². The average Bonchev–Trinajstić information content (AvgIpc) is 3.20. The molecule has 1 aromatic heterocycles. The minimum Gasteiger partial charge on any atom is -0.497 e. The molecule has 31 heavy (non-hydrogen) atoms. The van der Waals surface area contributed by atoms with Gasteiger partial charge in [0.15, 0.2) is 0 Å². The lowest BCUT2D eigenvalue weighted by Crippen LogP contribution is -2.45. The van der Waals surface area contributed by atoms with E-state index in [2.05, 4.69) is 42.5 Å². The Morgan fingerprint density at radius 1 is 1.16 bits per heavy atom. The van der Waals surface area contributed by atoms with Gasteiger partial charge in [-0.05, 0) is 49.9 Å². The first-order valence-electron chi connectivity index (χ1n) is 10.6. The maximum Gasteiger partial charge on any atom is 0.235 e. The first kappa shape index (κ1) is 21.1. The Morgan fingerprint density at radius 2 is 1.90 bits per heavy atom. The van der Waals surface area contributed by atoms with E-state index in [1.807, 2.05) is 35.1 Å². The predicted octanol–water partition coefficient (Wildman–Crippen LogP) is 4.24. The Hall–Kier alpha value is -3.12. The summed E-state index contributed by atoms with van der Waals surface area (Å²) in [5, 5.41) is 7.54. The lowest BCUT2D eigenvalue weighted by Gasteiger charge is -2.36. The van der Waals surface area contributed by atoms with Crippen molar-refractivity contribution in [2.24, 2.45) is 0 Å². The fraction of sp³-hybridized carbons (Fsp3) is 0.360. The first-order chi connectivity index (χ1) is 15.0. The van der Waals surface area contributed by atoms with Crippen molar-refractivity contribution in [3.05, 3.63) is 77.1 Å².